The van der Waals surface area contributed by atoms with Crippen molar-refractivity contribution in [1.29, 1.82) is 0 Å². The standard InChI is InChI=1S/C15H18F5NO4/c1-6(2)5-7-8(11(22)23)10(15(18,19)20)21(4)14(3,13(16)17)9(7)12(24)25/h6,13H,5H2,1-4H3,(H,22,23)(H,24,25). The molecule has 25 heavy (non-hydrogen) atoms. The Morgan fingerprint density at radius 2 is 1.64 bits per heavy atom. The van der Waals surface area contributed by atoms with Gasteiger partial charge in [-0.1, -0.05) is 13.8 Å². The van der Waals surface area contributed by atoms with E-state index in [9.17, 15) is 41.8 Å². The van der Waals surface area contributed by atoms with Crippen LogP contribution in [0.25, 0.3) is 0 Å². The lowest BCUT2D eigenvalue weighted by Gasteiger charge is -2.46. The van der Waals surface area contributed by atoms with E-state index in [2.05, 4.69) is 0 Å². The molecule has 0 aliphatic carbocycles. The highest BCUT2D eigenvalue weighted by Crippen LogP contribution is 2.48. The second-order valence-electron chi connectivity index (χ2n) is 6.29. The number of nitrogens with zero attached hydrogens (tertiary/aromatic N) is 1. The molecule has 0 aromatic rings. The van der Waals surface area contributed by atoms with Crippen molar-refractivity contribution < 1.29 is 41.8 Å². The molecular formula is C15H18F5NO4. The second-order valence-corrected chi connectivity index (χ2v) is 6.29. The van der Waals surface area contributed by atoms with Gasteiger partial charge in [0.2, 0.25) is 0 Å². The Bertz CT molecular complexity index is 651. The van der Waals surface area contributed by atoms with E-state index in [1.54, 1.807) is 0 Å². The van der Waals surface area contributed by atoms with Gasteiger partial charge in [-0.3, -0.25) is 0 Å². The van der Waals surface area contributed by atoms with Gasteiger partial charge >= 0.3 is 18.1 Å². The number of halogens is 5. The van der Waals surface area contributed by atoms with Crippen molar-refractivity contribution in [2.75, 3.05) is 7.05 Å². The van der Waals surface area contributed by atoms with Gasteiger partial charge in [-0.2, -0.15) is 13.2 Å². The normalized spacial score (nSPS) is 22.3. The minimum absolute atomic E-state index is 0.00833. The smallest absolute Gasteiger partial charge is 0.432 e. The molecule has 1 unspecified atom stereocenters. The van der Waals surface area contributed by atoms with Gasteiger partial charge in [0.05, 0.1) is 11.1 Å². The maximum Gasteiger partial charge on any atom is 0.432 e. The first-order valence-electron chi connectivity index (χ1n) is 7.21. The van der Waals surface area contributed by atoms with Gasteiger partial charge < -0.3 is 15.1 Å². The summed E-state index contributed by atoms with van der Waals surface area (Å²) in [6.07, 6.45) is -9.16. The van der Waals surface area contributed by atoms with E-state index < -0.39 is 64.8 Å². The van der Waals surface area contributed by atoms with Crippen LogP contribution in [-0.4, -0.2) is 52.2 Å². The minimum Gasteiger partial charge on any atom is -0.478 e. The maximum atomic E-state index is 13.7. The Labute approximate surface area is 140 Å². The van der Waals surface area contributed by atoms with Crippen LogP contribution in [0, 0.1) is 5.92 Å². The highest BCUT2D eigenvalue weighted by Gasteiger charge is 2.57. The van der Waals surface area contributed by atoms with Crippen molar-refractivity contribution in [2.24, 2.45) is 5.92 Å². The monoisotopic (exact) mass is 371 g/mol. The van der Waals surface area contributed by atoms with Crippen LogP contribution < -0.4 is 0 Å². The molecule has 1 atom stereocenters. The van der Waals surface area contributed by atoms with Crippen LogP contribution in [0.15, 0.2) is 22.4 Å². The van der Waals surface area contributed by atoms with E-state index in [4.69, 9.17) is 0 Å². The molecule has 2 N–H and O–H groups in total. The summed E-state index contributed by atoms with van der Waals surface area (Å²) in [5.41, 5.74) is -7.70. The first-order valence-corrected chi connectivity index (χ1v) is 7.21. The lowest BCUT2D eigenvalue weighted by atomic mass is 9.77. The summed E-state index contributed by atoms with van der Waals surface area (Å²) in [4.78, 5) is 23.1. The fourth-order valence-corrected chi connectivity index (χ4v) is 2.92. The molecule has 0 spiro atoms. The Hall–Kier alpha value is -2.13. The Balaban J connectivity index is 4.07. The Morgan fingerprint density at radius 3 is 1.92 bits per heavy atom. The zero-order valence-corrected chi connectivity index (χ0v) is 13.9. The van der Waals surface area contributed by atoms with E-state index in [-0.39, 0.29) is 4.90 Å². The number of hydrogen-bond donors (Lipinski definition) is 2. The first-order chi connectivity index (χ1) is 11.2. The van der Waals surface area contributed by atoms with Crippen LogP contribution in [0.5, 0.6) is 0 Å². The molecule has 0 radical (unpaired) electrons. The number of carboxylic acid groups (broad SMARTS) is 2. The number of allylic oxidation sites excluding steroid dienone is 1. The molecule has 0 amide bonds. The van der Waals surface area contributed by atoms with E-state index in [1.807, 2.05) is 0 Å². The van der Waals surface area contributed by atoms with Crippen molar-refractivity contribution in [3.63, 3.8) is 0 Å². The summed E-state index contributed by atoms with van der Waals surface area (Å²) >= 11 is 0. The predicted octanol–water partition coefficient (Wildman–Crippen LogP) is 3.28. The van der Waals surface area contributed by atoms with Gasteiger partial charge in [-0.25, -0.2) is 18.4 Å². The van der Waals surface area contributed by atoms with Crippen molar-refractivity contribution in [3.05, 3.63) is 22.4 Å². The van der Waals surface area contributed by atoms with E-state index in [1.165, 1.54) is 13.8 Å². The molecule has 1 rings (SSSR count). The SMILES string of the molecule is CC(C)CC1=C(C(=O)O)C(C)(C(F)F)N(C)C(C(F)(F)F)=C1C(=O)O. The molecule has 1 aliphatic heterocycles. The van der Waals surface area contributed by atoms with Gasteiger partial charge in [-0.05, 0) is 24.8 Å². The van der Waals surface area contributed by atoms with E-state index >= 15 is 0 Å². The lowest BCUT2D eigenvalue weighted by molar-refractivity contribution is -0.145. The number of alkyl halides is 5. The maximum absolute atomic E-state index is 13.7. The fourth-order valence-electron chi connectivity index (χ4n) is 2.92. The molecule has 0 fully saturated rings. The number of rotatable bonds is 5. The molecule has 142 valence electrons. The van der Waals surface area contributed by atoms with Crippen molar-refractivity contribution in [2.45, 2.75) is 45.3 Å². The fraction of sp³-hybridized carbons (Fsp3) is 0.600. The molecule has 1 heterocycles. The number of carbonyl (C=O) groups is 2. The molecular weight excluding hydrogens is 353 g/mol. The number of hydrogen-bond acceptors (Lipinski definition) is 3. The number of aliphatic carboxylic acids is 2. The summed E-state index contributed by atoms with van der Waals surface area (Å²) in [6.45, 7) is 3.68. The average Bonchev–Trinajstić information content (AvgIpc) is 2.39. The third-order valence-electron chi connectivity index (χ3n) is 4.11. The highest BCUT2D eigenvalue weighted by atomic mass is 19.4. The van der Waals surface area contributed by atoms with Crippen LogP contribution in [0.4, 0.5) is 22.0 Å². The summed E-state index contributed by atoms with van der Waals surface area (Å²) < 4.78 is 67.8. The molecule has 10 heteroatoms. The third-order valence-corrected chi connectivity index (χ3v) is 4.11. The average molecular weight is 371 g/mol. The summed E-state index contributed by atoms with van der Waals surface area (Å²) in [7, 11) is 0.618. The zero-order chi connectivity index (χ0) is 19.9. The minimum atomic E-state index is -5.26. The van der Waals surface area contributed by atoms with Gasteiger partial charge in [0.15, 0.2) is 0 Å². The molecule has 0 aromatic heterocycles. The largest absolute Gasteiger partial charge is 0.478 e. The highest BCUT2D eigenvalue weighted by molar-refractivity contribution is 6.00. The second kappa shape index (κ2) is 6.64. The predicted molar refractivity (Wildman–Crippen MR) is 77.0 cm³/mol. The van der Waals surface area contributed by atoms with Gasteiger partial charge in [0.1, 0.15) is 11.2 Å². The topological polar surface area (TPSA) is 77.8 Å². The quantitative estimate of drug-likeness (QED) is 0.726. The van der Waals surface area contributed by atoms with Crippen LogP contribution in [0.2, 0.25) is 0 Å². The molecule has 0 aromatic carbocycles. The van der Waals surface area contributed by atoms with Gasteiger partial charge in [-0.15, -0.1) is 0 Å². The van der Waals surface area contributed by atoms with Crippen molar-refractivity contribution in [1.82, 2.24) is 4.90 Å². The molecule has 0 saturated heterocycles. The Morgan fingerprint density at radius 1 is 1.16 bits per heavy atom. The van der Waals surface area contributed by atoms with Crippen LogP contribution in [0.3, 0.4) is 0 Å². The third kappa shape index (κ3) is 3.47. The Kier molecular flexibility index (Phi) is 5.56. The summed E-state index contributed by atoms with van der Waals surface area (Å²) in [6, 6.07) is 0. The molecule has 0 saturated carbocycles. The first kappa shape index (κ1) is 20.9. The lowest BCUT2D eigenvalue weighted by Crippen LogP contribution is -2.57. The zero-order valence-electron chi connectivity index (χ0n) is 13.9. The van der Waals surface area contributed by atoms with Crippen molar-refractivity contribution in [3.8, 4) is 0 Å². The van der Waals surface area contributed by atoms with Crippen LogP contribution >= 0.6 is 0 Å². The van der Waals surface area contributed by atoms with Gasteiger partial charge in [0.25, 0.3) is 6.43 Å². The van der Waals surface area contributed by atoms with Crippen molar-refractivity contribution >= 4 is 11.9 Å². The van der Waals surface area contributed by atoms with E-state index in [0.29, 0.717) is 14.0 Å². The van der Waals surface area contributed by atoms with Gasteiger partial charge in [0, 0.05) is 7.05 Å². The molecule has 0 bridgehead atoms. The van der Waals surface area contributed by atoms with Crippen LogP contribution in [0.1, 0.15) is 27.2 Å². The molecule has 5 nitrogen and oxygen atoms in total. The summed E-state index contributed by atoms with van der Waals surface area (Å²) in [5.74, 6) is -4.37. The molecule has 1 aliphatic rings. The summed E-state index contributed by atoms with van der Waals surface area (Å²) in [5, 5.41) is 18.7. The van der Waals surface area contributed by atoms with Crippen LogP contribution in [-0.2, 0) is 9.59 Å². The number of carboxylic acids is 2. The van der Waals surface area contributed by atoms with E-state index in [0.717, 1.165) is 0 Å². The number of likely N-dealkylation sites (N-methyl/N-ethyl adjacent to an activating group) is 1.